The summed E-state index contributed by atoms with van der Waals surface area (Å²) in [4.78, 5) is 2.40. The van der Waals surface area contributed by atoms with Gasteiger partial charge in [0.1, 0.15) is 0 Å². The molecule has 2 N–H and O–H groups in total. The molecule has 0 bridgehead atoms. The molecule has 1 saturated heterocycles. The predicted octanol–water partition coefficient (Wildman–Crippen LogP) is 2.97. The number of benzene rings is 1. The zero-order chi connectivity index (χ0) is 14.5. The SMILES string of the molecule is CCCN1CCOC(C(N)Cc2c(Cl)cccc2Cl)C1. The van der Waals surface area contributed by atoms with Crippen LogP contribution in [0.3, 0.4) is 0 Å². The van der Waals surface area contributed by atoms with Crippen molar-refractivity contribution in [1.82, 2.24) is 4.90 Å². The quantitative estimate of drug-likeness (QED) is 0.907. The Hall–Kier alpha value is -0.320. The summed E-state index contributed by atoms with van der Waals surface area (Å²) in [6.07, 6.45) is 1.84. The van der Waals surface area contributed by atoms with Crippen molar-refractivity contribution in [1.29, 1.82) is 0 Å². The van der Waals surface area contributed by atoms with Crippen LogP contribution in [0.2, 0.25) is 10.0 Å². The largest absolute Gasteiger partial charge is 0.374 e. The van der Waals surface area contributed by atoms with Crippen LogP contribution in [0.4, 0.5) is 0 Å². The summed E-state index contributed by atoms with van der Waals surface area (Å²) < 4.78 is 5.82. The Labute approximate surface area is 131 Å². The van der Waals surface area contributed by atoms with Crippen LogP contribution in [-0.4, -0.2) is 43.3 Å². The lowest BCUT2D eigenvalue weighted by molar-refractivity contribution is -0.0400. The number of hydrogen-bond donors (Lipinski definition) is 1. The van der Waals surface area contributed by atoms with E-state index in [-0.39, 0.29) is 12.1 Å². The van der Waals surface area contributed by atoms with Gasteiger partial charge in [0.2, 0.25) is 0 Å². The fourth-order valence-corrected chi connectivity index (χ4v) is 3.16. The van der Waals surface area contributed by atoms with Crippen molar-refractivity contribution in [2.24, 2.45) is 5.73 Å². The molecule has 0 spiro atoms. The molecule has 1 heterocycles. The van der Waals surface area contributed by atoms with E-state index in [0.717, 1.165) is 38.2 Å². The second kappa shape index (κ2) is 7.62. The molecule has 3 nitrogen and oxygen atoms in total. The molecule has 5 heteroatoms. The molecule has 0 aliphatic carbocycles. The second-order valence-corrected chi connectivity index (χ2v) is 6.09. The first-order valence-corrected chi connectivity index (χ1v) is 7.89. The molecule has 2 unspecified atom stereocenters. The molecule has 0 saturated carbocycles. The fourth-order valence-electron chi connectivity index (χ4n) is 2.60. The Balaban J connectivity index is 1.99. The van der Waals surface area contributed by atoms with Gasteiger partial charge in [-0.2, -0.15) is 0 Å². The van der Waals surface area contributed by atoms with Crippen LogP contribution in [0.5, 0.6) is 0 Å². The summed E-state index contributed by atoms with van der Waals surface area (Å²) in [5.41, 5.74) is 7.22. The molecule has 1 aliphatic rings. The van der Waals surface area contributed by atoms with E-state index in [1.165, 1.54) is 0 Å². The van der Waals surface area contributed by atoms with Gasteiger partial charge in [-0.3, -0.25) is 4.90 Å². The number of ether oxygens (including phenoxy) is 1. The maximum Gasteiger partial charge on any atom is 0.0856 e. The van der Waals surface area contributed by atoms with Crippen LogP contribution < -0.4 is 5.73 Å². The fraction of sp³-hybridized carbons (Fsp3) is 0.600. The van der Waals surface area contributed by atoms with E-state index < -0.39 is 0 Å². The van der Waals surface area contributed by atoms with Crippen LogP contribution in [-0.2, 0) is 11.2 Å². The third-order valence-corrected chi connectivity index (χ3v) is 4.40. The lowest BCUT2D eigenvalue weighted by atomic mass is 10.0. The minimum atomic E-state index is -0.0907. The monoisotopic (exact) mass is 316 g/mol. The lowest BCUT2D eigenvalue weighted by Crippen LogP contribution is -2.51. The van der Waals surface area contributed by atoms with Crippen molar-refractivity contribution >= 4 is 23.2 Å². The number of nitrogens with two attached hydrogens (primary N) is 1. The Morgan fingerprint density at radius 2 is 2.10 bits per heavy atom. The van der Waals surface area contributed by atoms with Crippen LogP contribution in [0.25, 0.3) is 0 Å². The minimum absolute atomic E-state index is 0.0441. The molecule has 0 aromatic heterocycles. The highest BCUT2D eigenvalue weighted by atomic mass is 35.5. The molecule has 1 aromatic rings. The van der Waals surface area contributed by atoms with E-state index in [9.17, 15) is 0 Å². The average molecular weight is 317 g/mol. The van der Waals surface area contributed by atoms with Gasteiger partial charge in [-0.25, -0.2) is 0 Å². The standard InChI is InChI=1S/C15H22Cl2N2O/c1-2-6-19-7-8-20-15(10-19)14(18)9-11-12(16)4-3-5-13(11)17/h3-5,14-15H,2,6-10,18H2,1H3. The number of hydrogen-bond acceptors (Lipinski definition) is 3. The van der Waals surface area contributed by atoms with Gasteiger partial charge in [0, 0.05) is 29.2 Å². The normalized spacial score (nSPS) is 21.9. The Morgan fingerprint density at radius 1 is 1.40 bits per heavy atom. The van der Waals surface area contributed by atoms with E-state index >= 15 is 0 Å². The maximum absolute atomic E-state index is 6.31. The van der Waals surface area contributed by atoms with Crippen molar-refractivity contribution in [3.63, 3.8) is 0 Å². The van der Waals surface area contributed by atoms with Crippen molar-refractivity contribution in [3.05, 3.63) is 33.8 Å². The predicted molar refractivity (Wildman–Crippen MR) is 84.6 cm³/mol. The molecular weight excluding hydrogens is 295 g/mol. The highest BCUT2D eigenvalue weighted by Crippen LogP contribution is 2.26. The van der Waals surface area contributed by atoms with E-state index in [1.54, 1.807) is 0 Å². The summed E-state index contributed by atoms with van der Waals surface area (Å²) in [7, 11) is 0. The lowest BCUT2D eigenvalue weighted by Gasteiger charge is -2.35. The van der Waals surface area contributed by atoms with Crippen LogP contribution in [0.15, 0.2) is 18.2 Å². The van der Waals surface area contributed by atoms with Gasteiger partial charge >= 0.3 is 0 Å². The van der Waals surface area contributed by atoms with Gasteiger partial charge in [-0.05, 0) is 37.1 Å². The minimum Gasteiger partial charge on any atom is -0.374 e. The number of nitrogens with zero attached hydrogens (tertiary/aromatic N) is 1. The van der Waals surface area contributed by atoms with Crippen molar-refractivity contribution < 1.29 is 4.74 Å². The topological polar surface area (TPSA) is 38.5 Å². The summed E-state index contributed by atoms with van der Waals surface area (Å²) >= 11 is 12.4. The number of rotatable bonds is 5. The first kappa shape index (κ1) is 16.1. The third-order valence-electron chi connectivity index (χ3n) is 3.70. The highest BCUT2D eigenvalue weighted by molar-refractivity contribution is 6.36. The molecule has 0 radical (unpaired) electrons. The Bertz CT molecular complexity index is 420. The first-order chi connectivity index (χ1) is 9.61. The molecule has 20 heavy (non-hydrogen) atoms. The van der Waals surface area contributed by atoms with E-state index in [2.05, 4.69) is 11.8 Å². The smallest absolute Gasteiger partial charge is 0.0856 e. The van der Waals surface area contributed by atoms with Gasteiger partial charge in [0.05, 0.1) is 12.7 Å². The van der Waals surface area contributed by atoms with Crippen molar-refractivity contribution in [2.45, 2.75) is 31.9 Å². The van der Waals surface area contributed by atoms with Gasteiger partial charge in [-0.15, -0.1) is 0 Å². The van der Waals surface area contributed by atoms with Gasteiger partial charge in [0.15, 0.2) is 0 Å². The average Bonchev–Trinajstić information content (AvgIpc) is 2.43. The Kier molecular flexibility index (Phi) is 6.12. The number of halogens is 2. The van der Waals surface area contributed by atoms with E-state index in [0.29, 0.717) is 16.5 Å². The molecule has 2 rings (SSSR count). The van der Waals surface area contributed by atoms with Gasteiger partial charge in [-0.1, -0.05) is 36.2 Å². The third kappa shape index (κ3) is 4.09. The molecule has 112 valence electrons. The zero-order valence-corrected chi connectivity index (χ0v) is 13.3. The molecular formula is C15H22Cl2N2O. The van der Waals surface area contributed by atoms with Crippen LogP contribution >= 0.6 is 23.2 Å². The first-order valence-electron chi connectivity index (χ1n) is 7.14. The van der Waals surface area contributed by atoms with Crippen LogP contribution in [0, 0.1) is 0 Å². The molecule has 1 aromatic carbocycles. The molecule has 0 amide bonds. The summed E-state index contributed by atoms with van der Waals surface area (Å²) in [6, 6.07) is 5.45. The van der Waals surface area contributed by atoms with Crippen molar-refractivity contribution in [2.75, 3.05) is 26.2 Å². The Morgan fingerprint density at radius 3 is 2.75 bits per heavy atom. The molecule has 2 atom stereocenters. The summed E-state index contributed by atoms with van der Waals surface area (Å²) in [6.45, 7) is 5.91. The summed E-state index contributed by atoms with van der Waals surface area (Å²) in [5, 5.41) is 1.35. The molecule has 1 fully saturated rings. The second-order valence-electron chi connectivity index (χ2n) is 5.28. The zero-order valence-electron chi connectivity index (χ0n) is 11.8. The summed E-state index contributed by atoms with van der Waals surface area (Å²) in [5.74, 6) is 0. The number of morpholine rings is 1. The maximum atomic E-state index is 6.31. The van der Waals surface area contributed by atoms with Gasteiger partial charge < -0.3 is 10.5 Å². The van der Waals surface area contributed by atoms with Crippen LogP contribution in [0.1, 0.15) is 18.9 Å². The highest BCUT2D eigenvalue weighted by Gasteiger charge is 2.26. The van der Waals surface area contributed by atoms with Gasteiger partial charge in [0.25, 0.3) is 0 Å². The molecule has 1 aliphatic heterocycles. The van der Waals surface area contributed by atoms with E-state index in [1.807, 2.05) is 18.2 Å². The van der Waals surface area contributed by atoms with Crippen molar-refractivity contribution in [3.8, 4) is 0 Å². The van der Waals surface area contributed by atoms with E-state index in [4.69, 9.17) is 33.7 Å².